The van der Waals surface area contributed by atoms with Gasteiger partial charge in [0.25, 0.3) is 11.6 Å². The predicted octanol–water partition coefficient (Wildman–Crippen LogP) is 3.36. The Morgan fingerprint density at radius 1 is 1.09 bits per heavy atom. The van der Waals surface area contributed by atoms with Gasteiger partial charge in [0, 0.05) is 30.4 Å². The number of carbonyl (C=O) groups excluding carboxylic acids is 3. The third-order valence-corrected chi connectivity index (χ3v) is 5.71. The predicted molar refractivity (Wildman–Crippen MR) is 127 cm³/mol. The average molecular weight is 469 g/mol. The van der Waals surface area contributed by atoms with Crippen LogP contribution in [0.1, 0.15) is 47.9 Å². The highest BCUT2D eigenvalue weighted by Crippen LogP contribution is 2.34. The van der Waals surface area contributed by atoms with Crippen molar-refractivity contribution >= 4 is 34.8 Å². The van der Waals surface area contributed by atoms with Crippen LogP contribution in [0.25, 0.3) is 0 Å². The third-order valence-electron chi connectivity index (χ3n) is 5.71. The van der Waals surface area contributed by atoms with Crippen LogP contribution in [-0.4, -0.2) is 41.9 Å². The first-order chi connectivity index (χ1) is 16.0. The van der Waals surface area contributed by atoms with Crippen molar-refractivity contribution in [3.63, 3.8) is 0 Å². The SMILES string of the molecule is CC1CC(C)CN(c2ccc(C(=O)OC(C)C(=O)Nc3ccc(C(N)=O)cc3)cc2[N+](=O)[O-])C1. The summed E-state index contributed by atoms with van der Waals surface area (Å²) in [6.45, 7) is 7.01. The number of amides is 2. The van der Waals surface area contributed by atoms with Crippen LogP contribution in [0.15, 0.2) is 42.5 Å². The second-order valence-corrected chi connectivity index (χ2v) is 8.79. The van der Waals surface area contributed by atoms with Crippen molar-refractivity contribution in [1.29, 1.82) is 0 Å². The Kier molecular flexibility index (Phi) is 7.50. The van der Waals surface area contributed by atoms with Gasteiger partial charge in [0.15, 0.2) is 6.10 Å². The van der Waals surface area contributed by atoms with Crippen LogP contribution < -0.4 is 16.0 Å². The molecule has 3 atom stereocenters. The lowest BCUT2D eigenvalue weighted by Crippen LogP contribution is -2.39. The number of hydrogen-bond donors (Lipinski definition) is 2. The minimum atomic E-state index is -1.16. The Labute approximate surface area is 197 Å². The van der Waals surface area contributed by atoms with E-state index >= 15 is 0 Å². The number of nitro benzene ring substituents is 1. The lowest BCUT2D eigenvalue weighted by atomic mass is 9.91. The topological polar surface area (TPSA) is 145 Å². The highest BCUT2D eigenvalue weighted by molar-refractivity contribution is 5.98. The van der Waals surface area contributed by atoms with Gasteiger partial charge in [-0.3, -0.25) is 19.7 Å². The minimum absolute atomic E-state index is 0.0148. The molecule has 2 amide bonds. The summed E-state index contributed by atoms with van der Waals surface area (Å²) >= 11 is 0. The maximum absolute atomic E-state index is 12.6. The van der Waals surface area contributed by atoms with Crippen LogP contribution in [0, 0.1) is 22.0 Å². The molecule has 180 valence electrons. The van der Waals surface area contributed by atoms with Gasteiger partial charge in [-0.05, 0) is 61.6 Å². The third kappa shape index (κ3) is 5.89. The molecule has 0 saturated carbocycles. The molecule has 2 aromatic carbocycles. The Morgan fingerprint density at radius 2 is 1.68 bits per heavy atom. The van der Waals surface area contributed by atoms with Crippen molar-refractivity contribution in [1.82, 2.24) is 0 Å². The second-order valence-electron chi connectivity index (χ2n) is 8.79. The van der Waals surface area contributed by atoms with E-state index < -0.39 is 28.8 Å². The quantitative estimate of drug-likeness (QED) is 0.360. The van der Waals surface area contributed by atoms with Gasteiger partial charge >= 0.3 is 5.97 Å². The van der Waals surface area contributed by atoms with E-state index in [0.717, 1.165) is 6.42 Å². The molecule has 3 unspecified atom stereocenters. The van der Waals surface area contributed by atoms with Crippen molar-refractivity contribution in [2.75, 3.05) is 23.3 Å². The summed E-state index contributed by atoms with van der Waals surface area (Å²) in [4.78, 5) is 49.3. The van der Waals surface area contributed by atoms with Gasteiger partial charge in [0.05, 0.1) is 10.5 Å². The van der Waals surface area contributed by atoms with Crippen molar-refractivity contribution in [3.05, 3.63) is 63.7 Å². The molecule has 2 aromatic rings. The van der Waals surface area contributed by atoms with E-state index in [0.29, 0.717) is 36.3 Å². The van der Waals surface area contributed by atoms with Crippen LogP contribution in [0.2, 0.25) is 0 Å². The normalized spacial score (nSPS) is 18.6. The highest BCUT2D eigenvalue weighted by atomic mass is 16.6. The highest BCUT2D eigenvalue weighted by Gasteiger charge is 2.28. The smallest absolute Gasteiger partial charge is 0.339 e. The van der Waals surface area contributed by atoms with Gasteiger partial charge < -0.3 is 20.7 Å². The van der Waals surface area contributed by atoms with E-state index in [9.17, 15) is 24.5 Å². The molecule has 0 aliphatic carbocycles. The number of nitrogens with one attached hydrogen (secondary N) is 1. The lowest BCUT2D eigenvalue weighted by Gasteiger charge is -2.36. The fourth-order valence-corrected chi connectivity index (χ4v) is 4.17. The maximum Gasteiger partial charge on any atom is 0.339 e. The molecule has 3 rings (SSSR count). The van der Waals surface area contributed by atoms with Gasteiger partial charge in [-0.2, -0.15) is 0 Å². The standard InChI is InChI=1S/C24H28N4O6/c1-14-10-15(2)13-27(12-14)20-9-6-18(11-21(20)28(32)33)24(31)34-16(3)23(30)26-19-7-4-17(5-8-19)22(25)29/h4-9,11,14-16H,10,12-13H2,1-3H3,(H2,25,29)(H,26,30). The van der Waals surface area contributed by atoms with E-state index in [2.05, 4.69) is 19.2 Å². The molecule has 0 bridgehead atoms. The van der Waals surface area contributed by atoms with E-state index in [1.54, 1.807) is 6.07 Å². The van der Waals surface area contributed by atoms with Gasteiger partial charge in [-0.15, -0.1) is 0 Å². The molecule has 1 aliphatic heterocycles. The van der Waals surface area contributed by atoms with Crippen LogP contribution in [0.4, 0.5) is 17.1 Å². The Balaban J connectivity index is 1.69. The molecule has 10 nitrogen and oxygen atoms in total. The summed E-state index contributed by atoms with van der Waals surface area (Å²) in [7, 11) is 0. The van der Waals surface area contributed by atoms with Crippen molar-refractivity contribution in [2.24, 2.45) is 17.6 Å². The van der Waals surface area contributed by atoms with Crippen molar-refractivity contribution in [2.45, 2.75) is 33.3 Å². The fourth-order valence-electron chi connectivity index (χ4n) is 4.17. The summed E-state index contributed by atoms with van der Waals surface area (Å²) in [6.07, 6.45) is -0.102. The van der Waals surface area contributed by atoms with E-state index in [1.807, 2.05) is 4.90 Å². The monoisotopic (exact) mass is 468 g/mol. The molecule has 1 aliphatic rings. The Morgan fingerprint density at radius 3 is 2.24 bits per heavy atom. The number of hydrogen-bond acceptors (Lipinski definition) is 7. The molecule has 3 N–H and O–H groups in total. The van der Waals surface area contributed by atoms with E-state index in [4.69, 9.17) is 10.5 Å². The maximum atomic E-state index is 12.6. The number of piperidine rings is 1. The number of primary amides is 1. The Bertz CT molecular complexity index is 1090. The van der Waals surface area contributed by atoms with Crippen LogP contribution >= 0.6 is 0 Å². The zero-order chi connectivity index (χ0) is 25.0. The minimum Gasteiger partial charge on any atom is -0.449 e. The average Bonchev–Trinajstić information content (AvgIpc) is 2.78. The first kappa shape index (κ1) is 24.7. The van der Waals surface area contributed by atoms with E-state index in [1.165, 1.54) is 43.3 Å². The zero-order valence-corrected chi connectivity index (χ0v) is 19.3. The zero-order valence-electron chi connectivity index (χ0n) is 19.3. The second kappa shape index (κ2) is 10.3. The number of nitro groups is 1. The lowest BCUT2D eigenvalue weighted by molar-refractivity contribution is -0.384. The summed E-state index contributed by atoms with van der Waals surface area (Å²) in [5.41, 5.74) is 6.14. The van der Waals surface area contributed by atoms with Crippen LogP contribution in [-0.2, 0) is 9.53 Å². The molecule has 0 radical (unpaired) electrons. The molecule has 34 heavy (non-hydrogen) atoms. The first-order valence-corrected chi connectivity index (χ1v) is 11.0. The van der Waals surface area contributed by atoms with E-state index in [-0.39, 0.29) is 16.8 Å². The summed E-state index contributed by atoms with van der Waals surface area (Å²) < 4.78 is 5.23. The summed E-state index contributed by atoms with van der Waals surface area (Å²) in [5.74, 6) is -1.23. The number of benzene rings is 2. The number of nitrogens with zero attached hydrogens (tertiary/aromatic N) is 2. The number of ether oxygens (including phenoxy) is 1. The van der Waals surface area contributed by atoms with Gasteiger partial charge in [0.1, 0.15) is 5.69 Å². The molecule has 0 spiro atoms. The van der Waals surface area contributed by atoms with Gasteiger partial charge in [-0.25, -0.2) is 4.79 Å². The molecule has 10 heteroatoms. The molecular weight excluding hydrogens is 440 g/mol. The summed E-state index contributed by atoms with van der Waals surface area (Å²) in [6, 6.07) is 10.1. The summed E-state index contributed by atoms with van der Waals surface area (Å²) in [5, 5.41) is 14.3. The van der Waals surface area contributed by atoms with Gasteiger partial charge in [-0.1, -0.05) is 13.8 Å². The molecular formula is C24H28N4O6. The van der Waals surface area contributed by atoms with Crippen LogP contribution in [0.5, 0.6) is 0 Å². The van der Waals surface area contributed by atoms with Gasteiger partial charge in [0.2, 0.25) is 5.91 Å². The molecule has 1 saturated heterocycles. The number of esters is 1. The molecule has 1 heterocycles. The fraction of sp³-hybridized carbons (Fsp3) is 0.375. The molecule has 0 aromatic heterocycles. The number of rotatable bonds is 7. The number of nitrogens with two attached hydrogens (primary N) is 1. The Hall–Kier alpha value is -3.95. The van der Waals surface area contributed by atoms with Crippen molar-refractivity contribution < 1.29 is 24.0 Å². The largest absolute Gasteiger partial charge is 0.449 e. The van der Waals surface area contributed by atoms with Crippen LogP contribution in [0.3, 0.4) is 0 Å². The number of carbonyl (C=O) groups is 3. The van der Waals surface area contributed by atoms with Crippen molar-refractivity contribution in [3.8, 4) is 0 Å². The molecule has 1 fully saturated rings. The first-order valence-electron chi connectivity index (χ1n) is 11.0. The number of anilines is 2.